The minimum atomic E-state index is -0.310. The van der Waals surface area contributed by atoms with E-state index < -0.39 is 0 Å². The molecule has 0 radical (unpaired) electrons. The van der Waals surface area contributed by atoms with Gasteiger partial charge in [-0.25, -0.2) is 0 Å². The van der Waals surface area contributed by atoms with Crippen molar-refractivity contribution in [3.05, 3.63) is 0 Å². The van der Waals surface area contributed by atoms with Gasteiger partial charge in [0.15, 0.2) is 0 Å². The largest absolute Gasteiger partial charge is 0.342 e. The Morgan fingerprint density at radius 1 is 1.24 bits per heavy atom. The first-order chi connectivity index (χ1) is 9.94. The Morgan fingerprint density at radius 3 is 2.38 bits per heavy atom. The number of amides is 2. The first-order valence-corrected chi connectivity index (χ1v) is 8.55. The van der Waals surface area contributed by atoms with Crippen LogP contribution < -0.4 is 5.32 Å². The number of nitrogens with one attached hydrogen (secondary N) is 1. The summed E-state index contributed by atoms with van der Waals surface area (Å²) in [5.74, 6) is 0.335. The number of hydrogen-bond acceptors (Lipinski definition) is 2. The molecule has 1 aliphatic heterocycles. The van der Waals surface area contributed by atoms with E-state index in [0.717, 1.165) is 25.8 Å². The standard InChI is InChI=1S/C17H30N2O2/c1-5-7-13-16(21)19(11-17(8-6-2)9-10-17)14(12(3)4)15(20)18-13/h12-14H,5-11H2,1-4H3,(H,18,20). The third kappa shape index (κ3) is 3.41. The number of carbonyl (C=O) groups is 2. The lowest BCUT2D eigenvalue weighted by Crippen LogP contribution is -2.65. The molecule has 2 rings (SSSR count). The summed E-state index contributed by atoms with van der Waals surface area (Å²) >= 11 is 0. The topological polar surface area (TPSA) is 49.4 Å². The van der Waals surface area contributed by atoms with Gasteiger partial charge in [0.2, 0.25) is 11.8 Å². The summed E-state index contributed by atoms with van der Waals surface area (Å²) in [6.45, 7) is 9.09. The van der Waals surface area contributed by atoms with Gasteiger partial charge in [-0.15, -0.1) is 0 Å². The van der Waals surface area contributed by atoms with E-state index in [4.69, 9.17) is 0 Å². The molecule has 1 saturated carbocycles. The highest BCUT2D eigenvalue weighted by Crippen LogP contribution is 2.50. The highest BCUT2D eigenvalue weighted by Gasteiger charge is 2.49. The van der Waals surface area contributed by atoms with E-state index in [-0.39, 0.29) is 29.8 Å². The summed E-state index contributed by atoms with van der Waals surface area (Å²) in [7, 11) is 0. The second kappa shape index (κ2) is 6.37. The summed E-state index contributed by atoms with van der Waals surface area (Å²) in [5.41, 5.74) is 0.298. The number of piperazine rings is 1. The van der Waals surface area contributed by atoms with Crippen molar-refractivity contribution in [1.82, 2.24) is 10.2 Å². The van der Waals surface area contributed by atoms with Gasteiger partial charge in [-0.2, -0.15) is 0 Å². The Morgan fingerprint density at radius 2 is 1.90 bits per heavy atom. The van der Waals surface area contributed by atoms with Crippen molar-refractivity contribution in [2.45, 2.75) is 78.3 Å². The van der Waals surface area contributed by atoms with Crippen LogP contribution in [0, 0.1) is 11.3 Å². The summed E-state index contributed by atoms with van der Waals surface area (Å²) in [6, 6.07) is -0.602. The Labute approximate surface area is 128 Å². The van der Waals surface area contributed by atoms with Crippen LogP contribution in [-0.2, 0) is 9.59 Å². The molecule has 1 saturated heterocycles. The molecule has 120 valence electrons. The molecule has 21 heavy (non-hydrogen) atoms. The Balaban J connectivity index is 2.18. The molecule has 2 aliphatic rings. The summed E-state index contributed by atoms with van der Waals surface area (Å²) < 4.78 is 0. The zero-order valence-electron chi connectivity index (χ0n) is 13.9. The van der Waals surface area contributed by atoms with E-state index in [1.54, 1.807) is 0 Å². The van der Waals surface area contributed by atoms with E-state index in [9.17, 15) is 9.59 Å². The van der Waals surface area contributed by atoms with Crippen LogP contribution >= 0.6 is 0 Å². The van der Waals surface area contributed by atoms with Gasteiger partial charge in [-0.05, 0) is 37.0 Å². The molecule has 0 aromatic rings. The Kier molecular flexibility index (Phi) is 4.95. The van der Waals surface area contributed by atoms with E-state index in [1.165, 1.54) is 19.3 Å². The summed E-state index contributed by atoms with van der Waals surface area (Å²) in [5, 5.41) is 2.94. The quantitative estimate of drug-likeness (QED) is 0.785. The lowest BCUT2D eigenvalue weighted by molar-refractivity contribution is -0.152. The molecule has 1 heterocycles. The molecule has 0 bridgehead atoms. The molecule has 0 aromatic heterocycles. The van der Waals surface area contributed by atoms with Crippen LogP contribution in [0.25, 0.3) is 0 Å². The second-order valence-corrected chi connectivity index (χ2v) is 7.25. The first kappa shape index (κ1) is 16.3. The fourth-order valence-electron chi connectivity index (χ4n) is 3.68. The maximum Gasteiger partial charge on any atom is 0.245 e. The maximum absolute atomic E-state index is 12.8. The van der Waals surface area contributed by atoms with Gasteiger partial charge in [-0.1, -0.05) is 40.5 Å². The monoisotopic (exact) mass is 294 g/mol. The summed E-state index contributed by atoms with van der Waals surface area (Å²) in [4.78, 5) is 27.1. The minimum Gasteiger partial charge on any atom is -0.342 e. The van der Waals surface area contributed by atoms with E-state index in [0.29, 0.717) is 5.41 Å². The molecular formula is C17H30N2O2. The highest BCUT2D eigenvalue weighted by atomic mass is 16.2. The molecule has 2 unspecified atom stereocenters. The van der Waals surface area contributed by atoms with Crippen LogP contribution in [0.1, 0.15) is 66.2 Å². The van der Waals surface area contributed by atoms with Crippen LogP contribution in [0.2, 0.25) is 0 Å². The second-order valence-electron chi connectivity index (χ2n) is 7.25. The maximum atomic E-state index is 12.8. The molecule has 4 heteroatoms. The van der Waals surface area contributed by atoms with Crippen LogP contribution in [0.4, 0.5) is 0 Å². The molecule has 2 amide bonds. The molecule has 0 spiro atoms. The van der Waals surface area contributed by atoms with Gasteiger partial charge in [0.1, 0.15) is 12.1 Å². The zero-order valence-corrected chi connectivity index (χ0v) is 13.9. The van der Waals surface area contributed by atoms with E-state index >= 15 is 0 Å². The Hall–Kier alpha value is -1.06. The van der Waals surface area contributed by atoms with Gasteiger partial charge in [-0.3, -0.25) is 9.59 Å². The number of hydrogen-bond donors (Lipinski definition) is 1. The van der Waals surface area contributed by atoms with Crippen LogP contribution in [0.3, 0.4) is 0 Å². The molecule has 4 nitrogen and oxygen atoms in total. The van der Waals surface area contributed by atoms with Crippen molar-refractivity contribution >= 4 is 11.8 Å². The minimum absolute atomic E-state index is 0.0374. The van der Waals surface area contributed by atoms with Crippen LogP contribution in [0.15, 0.2) is 0 Å². The third-order valence-electron chi connectivity index (χ3n) is 4.95. The molecule has 2 fully saturated rings. The molecule has 2 atom stereocenters. The van der Waals surface area contributed by atoms with Crippen molar-refractivity contribution in [3.8, 4) is 0 Å². The van der Waals surface area contributed by atoms with Gasteiger partial charge in [0.25, 0.3) is 0 Å². The van der Waals surface area contributed by atoms with Gasteiger partial charge in [0, 0.05) is 6.54 Å². The Bertz CT molecular complexity index is 402. The van der Waals surface area contributed by atoms with Crippen LogP contribution in [-0.4, -0.2) is 35.3 Å². The van der Waals surface area contributed by atoms with E-state index in [1.807, 2.05) is 18.7 Å². The van der Waals surface area contributed by atoms with Crippen molar-refractivity contribution < 1.29 is 9.59 Å². The average molecular weight is 294 g/mol. The summed E-state index contributed by atoms with van der Waals surface area (Å²) in [6.07, 6.45) is 6.38. The fourth-order valence-corrected chi connectivity index (χ4v) is 3.68. The molecule has 1 N–H and O–H groups in total. The van der Waals surface area contributed by atoms with Gasteiger partial charge >= 0.3 is 0 Å². The smallest absolute Gasteiger partial charge is 0.245 e. The number of carbonyl (C=O) groups excluding carboxylic acids is 2. The zero-order chi connectivity index (χ0) is 15.6. The lowest BCUT2D eigenvalue weighted by Gasteiger charge is -2.42. The van der Waals surface area contributed by atoms with Crippen molar-refractivity contribution in [2.24, 2.45) is 11.3 Å². The highest BCUT2D eigenvalue weighted by molar-refractivity contribution is 5.97. The van der Waals surface area contributed by atoms with Crippen molar-refractivity contribution in [2.75, 3.05) is 6.54 Å². The van der Waals surface area contributed by atoms with Crippen molar-refractivity contribution in [3.63, 3.8) is 0 Å². The molecule has 0 aromatic carbocycles. The normalized spacial score (nSPS) is 28.0. The first-order valence-electron chi connectivity index (χ1n) is 8.55. The third-order valence-corrected chi connectivity index (χ3v) is 4.95. The predicted octanol–water partition coefficient (Wildman–Crippen LogP) is 2.72. The van der Waals surface area contributed by atoms with Crippen LogP contribution in [0.5, 0.6) is 0 Å². The lowest BCUT2D eigenvalue weighted by atomic mass is 9.92. The predicted molar refractivity (Wildman–Crippen MR) is 83.8 cm³/mol. The van der Waals surface area contributed by atoms with Gasteiger partial charge < -0.3 is 10.2 Å². The molecular weight excluding hydrogens is 264 g/mol. The fraction of sp³-hybridized carbons (Fsp3) is 0.882. The number of rotatable bonds is 7. The SMILES string of the molecule is CCCC1NC(=O)C(C(C)C)N(CC2(CCC)CC2)C1=O. The van der Waals surface area contributed by atoms with E-state index in [2.05, 4.69) is 19.2 Å². The van der Waals surface area contributed by atoms with Gasteiger partial charge in [0.05, 0.1) is 0 Å². The number of nitrogens with zero attached hydrogens (tertiary/aromatic N) is 1. The van der Waals surface area contributed by atoms with Crippen molar-refractivity contribution in [1.29, 1.82) is 0 Å². The average Bonchev–Trinajstić information content (AvgIpc) is 3.15. The molecule has 1 aliphatic carbocycles.